The van der Waals surface area contributed by atoms with Crippen LogP contribution in [0.5, 0.6) is 0 Å². The summed E-state index contributed by atoms with van der Waals surface area (Å²) < 4.78 is 5.29. The van der Waals surface area contributed by atoms with Crippen LogP contribution in [0.1, 0.15) is 26.7 Å². The molecule has 1 aliphatic heterocycles. The van der Waals surface area contributed by atoms with E-state index in [0.717, 1.165) is 19.3 Å². The molecule has 0 spiro atoms. The Morgan fingerprint density at radius 3 is 2.64 bits per heavy atom. The average molecular weight is 155 g/mol. The molecule has 1 aliphatic carbocycles. The van der Waals surface area contributed by atoms with Gasteiger partial charge in [0.25, 0.3) is 0 Å². The molecule has 0 aromatic heterocycles. The first-order valence-electron chi connectivity index (χ1n) is 4.52. The Hall–Kier alpha value is -0.0800. The van der Waals surface area contributed by atoms with Crippen LogP contribution in [0, 0.1) is 5.41 Å². The minimum Gasteiger partial charge on any atom is -0.380 e. The molecule has 2 aliphatic rings. The molecule has 2 rings (SSSR count). The van der Waals surface area contributed by atoms with E-state index in [1.807, 2.05) is 0 Å². The van der Waals surface area contributed by atoms with E-state index in [-0.39, 0.29) is 0 Å². The number of hydrogen-bond donors (Lipinski definition) is 1. The van der Waals surface area contributed by atoms with Crippen molar-refractivity contribution in [2.45, 2.75) is 38.8 Å². The van der Waals surface area contributed by atoms with Gasteiger partial charge in [0, 0.05) is 18.7 Å². The number of ether oxygens (including phenoxy) is 1. The van der Waals surface area contributed by atoms with Gasteiger partial charge in [-0.3, -0.25) is 0 Å². The minimum absolute atomic E-state index is 0.558. The van der Waals surface area contributed by atoms with Gasteiger partial charge in [-0.2, -0.15) is 0 Å². The molecule has 2 nitrogen and oxygen atoms in total. The summed E-state index contributed by atoms with van der Waals surface area (Å²) in [5.41, 5.74) is 0.558. The van der Waals surface area contributed by atoms with Gasteiger partial charge in [0.2, 0.25) is 0 Å². The van der Waals surface area contributed by atoms with Crippen LogP contribution in [0.4, 0.5) is 0 Å². The average Bonchev–Trinajstić information content (AvgIpc) is 2.42. The maximum absolute atomic E-state index is 5.29. The summed E-state index contributed by atoms with van der Waals surface area (Å²) in [5, 5.41) is 3.62. The largest absolute Gasteiger partial charge is 0.380 e. The highest BCUT2D eigenvalue weighted by Crippen LogP contribution is 2.45. The van der Waals surface area contributed by atoms with E-state index in [9.17, 15) is 0 Å². The Labute approximate surface area is 68.3 Å². The second-order valence-corrected chi connectivity index (χ2v) is 4.47. The van der Waals surface area contributed by atoms with Gasteiger partial charge in [-0.15, -0.1) is 0 Å². The second kappa shape index (κ2) is 2.46. The summed E-state index contributed by atoms with van der Waals surface area (Å²) in [6.45, 7) is 6.51. The summed E-state index contributed by atoms with van der Waals surface area (Å²) in [5.74, 6) is 0. The molecule has 2 heteroatoms. The molecule has 0 radical (unpaired) electrons. The maximum atomic E-state index is 5.29. The molecule has 0 bridgehead atoms. The summed E-state index contributed by atoms with van der Waals surface area (Å²) in [6.07, 6.45) is 2.54. The van der Waals surface area contributed by atoms with Gasteiger partial charge < -0.3 is 10.1 Å². The van der Waals surface area contributed by atoms with Crippen molar-refractivity contribution in [3.05, 3.63) is 0 Å². The van der Waals surface area contributed by atoms with Gasteiger partial charge in [-0.1, -0.05) is 13.8 Å². The minimum atomic E-state index is 0.558. The Bertz CT molecular complexity index is 147. The zero-order valence-electron chi connectivity index (χ0n) is 7.39. The Morgan fingerprint density at radius 2 is 2.18 bits per heavy atom. The molecular weight excluding hydrogens is 138 g/mol. The third-order valence-electron chi connectivity index (χ3n) is 2.88. The predicted molar refractivity (Wildman–Crippen MR) is 44.5 cm³/mol. The number of nitrogens with one attached hydrogen (secondary N) is 1. The lowest BCUT2D eigenvalue weighted by molar-refractivity contribution is 0.189. The lowest BCUT2D eigenvalue weighted by Gasteiger charge is -2.11. The molecule has 0 aromatic carbocycles. The van der Waals surface area contributed by atoms with E-state index >= 15 is 0 Å². The van der Waals surface area contributed by atoms with E-state index in [4.69, 9.17) is 4.74 Å². The topological polar surface area (TPSA) is 21.3 Å². The monoisotopic (exact) mass is 155 g/mol. The fourth-order valence-corrected chi connectivity index (χ4v) is 1.70. The van der Waals surface area contributed by atoms with E-state index in [0.29, 0.717) is 11.5 Å². The molecule has 0 amide bonds. The third-order valence-corrected chi connectivity index (χ3v) is 2.88. The van der Waals surface area contributed by atoms with Crippen LogP contribution in [-0.2, 0) is 4.74 Å². The van der Waals surface area contributed by atoms with Gasteiger partial charge in [0.1, 0.15) is 0 Å². The van der Waals surface area contributed by atoms with E-state index in [1.165, 1.54) is 12.8 Å². The lowest BCUT2D eigenvalue weighted by atomic mass is 10.1. The fraction of sp³-hybridized carbons (Fsp3) is 1.00. The zero-order chi connectivity index (χ0) is 7.90. The first-order valence-corrected chi connectivity index (χ1v) is 4.52. The third kappa shape index (κ3) is 1.57. The van der Waals surface area contributed by atoms with Crippen molar-refractivity contribution in [1.29, 1.82) is 0 Å². The lowest BCUT2D eigenvalue weighted by Crippen LogP contribution is -2.33. The molecule has 1 heterocycles. The van der Waals surface area contributed by atoms with E-state index < -0.39 is 0 Å². The molecule has 11 heavy (non-hydrogen) atoms. The highest BCUT2D eigenvalue weighted by Gasteiger charge is 2.46. The maximum Gasteiger partial charge on any atom is 0.0620 e. The van der Waals surface area contributed by atoms with Gasteiger partial charge >= 0.3 is 0 Å². The van der Waals surface area contributed by atoms with Crippen molar-refractivity contribution in [2.24, 2.45) is 5.41 Å². The quantitative estimate of drug-likeness (QED) is 0.646. The standard InChI is InChI=1S/C9H17NO/c1-9(2)5-8(9)10-7-3-4-11-6-7/h7-8,10H,3-6H2,1-2H3. The molecule has 2 unspecified atom stereocenters. The molecule has 1 saturated heterocycles. The van der Waals surface area contributed by atoms with E-state index in [1.54, 1.807) is 0 Å². The van der Waals surface area contributed by atoms with Crippen molar-refractivity contribution >= 4 is 0 Å². The Kier molecular flexibility index (Phi) is 1.69. The van der Waals surface area contributed by atoms with Crippen LogP contribution in [0.2, 0.25) is 0 Å². The van der Waals surface area contributed by atoms with Gasteiger partial charge in [-0.25, -0.2) is 0 Å². The SMILES string of the molecule is CC1(C)CC1NC1CCOC1. The zero-order valence-corrected chi connectivity index (χ0v) is 7.39. The Balaban J connectivity index is 1.75. The first-order chi connectivity index (χ1) is 5.18. The number of rotatable bonds is 2. The second-order valence-electron chi connectivity index (χ2n) is 4.47. The first kappa shape index (κ1) is 7.56. The Morgan fingerprint density at radius 1 is 1.45 bits per heavy atom. The molecule has 2 fully saturated rings. The van der Waals surface area contributed by atoms with E-state index in [2.05, 4.69) is 19.2 Å². The molecule has 1 saturated carbocycles. The van der Waals surface area contributed by atoms with Gasteiger partial charge in [0.05, 0.1) is 6.61 Å². The molecule has 64 valence electrons. The van der Waals surface area contributed by atoms with Crippen LogP contribution >= 0.6 is 0 Å². The van der Waals surface area contributed by atoms with Gasteiger partial charge in [0.15, 0.2) is 0 Å². The molecule has 1 N–H and O–H groups in total. The predicted octanol–water partition coefficient (Wildman–Crippen LogP) is 1.16. The van der Waals surface area contributed by atoms with Crippen LogP contribution in [0.15, 0.2) is 0 Å². The van der Waals surface area contributed by atoms with Crippen molar-refractivity contribution in [1.82, 2.24) is 5.32 Å². The van der Waals surface area contributed by atoms with Crippen LogP contribution in [0.25, 0.3) is 0 Å². The van der Waals surface area contributed by atoms with Crippen molar-refractivity contribution in [3.63, 3.8) is 0 Å². The fourth-order valence-electron chi connectivity index (χ4n) is 1.70. The van der Waals surface area contributed by atoms with Crippen molar-refractivity contribution in [2.75, 3.05) is 13.2 Å². The van der Waals surface area contributed by atoms with Crippen LogP contribution in [0.3, 0.4) is 0 Å². The smallest absolute Gasteiger partial charge is 0.0620 e. The molecular formula is C9H17NO. The number of hydrogen-bond acceptors (Lipinski definition) is 2. The summed E-state index contributed by atoms with van der Waals surface area (Å²) in [7, 11) is 0. The highest BCUT2D eigenvalue weighted by molar-refractivity contribution is 5.02. The normalized spacial score (nSPS) is 40.9. The summed E-state index contributed by atoms with van der Waals surface area (Å²) in [6, 6.07) is 1.40. The highest BCUT2D eigenvalue weighted by atomic mass is 16.5. The van der Waals surface area contributed by atoms with Gasteiger partial charge in [-0.05, 0) is 18.3 Å². The molecule has 0 aromatic rings. The summed E-state index contributed by atoms with van der Waals surface area (Å²) >= 11 is 0. The summed E-state index contributed by atoms with van der Waals surface area (Å²) in [4.78, 5) is 0. The van der Waals surface area contributed by atoms with Crippen molar-refractivity contribution in [3.8, 4) is 0 Å². The van der Waals surface area contributed by atoms with Crippen molar-refractivity contribution < 1.29 is 4.74 Å². The molecule has 2 atom stereocenters. The van der Waals surface area contributed by atoms with Crippen LogP contribution in [-0.4, -0.2) is 25.3 Å². The van der Waals surface area contributed by atoms with Crippen LogP contribution < -0.4 is 5.32 Å².